The van der Waals surface area contributed by atoms with Crippen LogP contribution in [-0.4, -0.2) is 28.7 Å². The summed E-state index contributed by atoms with van der Waals surface area (Å²) in [7, 11) is 0. The molecule has 6 heteroatoms. The predicted octanol–water partition coefficient (Wildman–Crippen LogP) is 3.78. The fourth-order valence-electron chi connectivity index (χ4n) is 2.64. The molecule has 1 aliphatic heterocycles. The first-order chi connectivity index (χ1) is 11.2. The van der Waals surface area contributed by atoms with Crippen molar-refractivity contribution in [2.24, 2.45) is 0 Å². The van der Waals surface area contributed by atoms with Gasteiger partial charge in [0.25, 0.3) is 0 Å². The van der Waals surface area contributed by atoms with Crippen molar-refractivity contribution in [3.8, 4) is 11.6 Å². The topological polar surface area (TPSA) is 56.3 Å². The first-order valence-corrected chi connectivity index (χ1v) is 7.89. The van der Waals surface area contributed by atoms with Crippen LogP contribution in [0.2, 0.25) is 0 Å². The summed E-state index contributed by atoms with van der Waals surface area (Å²) < 4.78 is 24.3. The van der Waals surface area contributed by atoms with Gasteiger partial charge in [0.1, 0.15) is 11.6 Å². The van der Waals surface area contributed by atoms with E-state index in [4.69, 9.17) is 9.47 Å². The van der Waals surface area contributed by atoms with Gasteiger partial charge in [-0.1, -0.05) is 6.92 Å². The Morgan fingerprint density at radius 1 is 1.35 bits per heavy atom. The summed E-state index contributed by atoms with van der Waals surface area (Å²) >= 11 is 0. The number of halogens is 1. The van der Waals surface area contributed by atoms with Crippen LogP contribution in [0.25, 0.3) is 0 Å². The van der Waals surface area contributed by atoms with E-state index < -0.39 is 0 Å². The Bertz CT molecular complexity index is 630. The maximum atomic E-state index is 12.9. The van der Waals surface area contributed by atoms with Crippen molar-refractivity contribution in [3.63, 3.8) is 0 Å². The van der Waals surface area contributed by atoms with E-state index in [0.717, 1.165) is 25.9 Å². The van der Waals surface area contributed by atoms with Gasteiger partial charge in [-0.25, -0.2) is 9.37 Å². The van der Waals surface area contributed by atoms with Crippen LogP contribution in [0.1, 0.15) is 26.2 Å². The fraction of sp³-hybridized carbons (Fsp3) is 0.412. The second-order valence-electron chi connectivity index (χ2n) is 5.49. The molecule has 0 aliphatic carbocycles. The summed E-state index contributed by atoms with van der Waals surface area (Å²) in [5.74, 6) is 1.15. The zero-order valence-corrected chi connectivity index (χ0v) is 13.0. The highest BCUT2D eigenvalue weighted by atomic mass is 19.1. The van der Waals surface area contributed by atoms with Gasteiger partial charge in [-0.2, -0.15) is 4.98 Å². The van der Waals surface area contributed by atoms with Crippen LogP contribution in [0.15, 0.2) is 36.5 Å². The van der Waals surface area contributed by atoms with Gasteiger partial charge in [-0.3, -0.25) is 0 Å². The van der Waals surface area contributed by atoms with Crippen LogP contribution in [0.5, 0.6) is 11.6 Å². The lowest BCUT2D eigenvalue weighted by atomic mass is 10.1. The Labute approximate surface area is 134 Å². The molecule has 1 aliphatic rings. The molecule has 2 aromatic rings. The summed E-state index contributed by atoms with van der Waals surface area (Å²) in [6.07, 6.45) is 4.91. The number of benzene rings is 1. The molecule has 2 unspecified atom stereocenters. The van der Waals surface area contributed by atoms with E-state index in [2.05, 4.69) is 22.2 Å². The number of nitrogens with one attached hydrogen (secondary N) is 1. The normalized spacial score (nSPS) is 18.6. The van der Waals surface area contributed by atoms with E-state index >= 15 is 0 Å². The van der Waals surface area contributed by atoms with Crippen molar-refractivity contribution in [1.82, 2.24) is 9.97 Å². The molecule has 2 heterocycles. The molecule has 2 atom stereocenters. The molecule has 1 saturated heterocycles. The van der Waals surface area contributed by atoms with Crippen molar-refractivity contribution < 1.29 is 13.9 Å². The molecule has 1 aromatic carbocycles. The summed E-state index contributed by atoms with van der Waals surface area (Å²) in [6.45, 7) is 2.93. The average molecular weight is 317 g/mol. The van der Waals surface area contributed by atoms with Crippen LogP contribution in [0, 0.1) is 5.82 Å². The highest BCUT2D eigenvalue weighted by Crippen LogP contribution is 2.22. The third kappa shape index (κ3) is 4.16. The maximum Gasteiger partial charge on any atom is 0.226 e. The second kappa shape index (κ2) is 7.37. The molecule has 0 amide bonds. The van der Waals surface area contributed by atoms with Crippen LogP contribution >= 0.6 is 0 Å². The first kappa shape index (κ1) is 15.7. The smallest absolute Gasteiger partial charge is 0.226 e. The van der Waals surface area contributed by atoms with E-state index in [1.54, 1.807) is 24.4 Å². The highest BCUT2D eigenvalue weighted by Gasteiger charge is 2.25. The summed E-state index contributed by atoms with van der Waals surface area (Å²) in [6, 6.07) is 7.66. The zero-order chi connectivity index (χ0) is 16.1. The van der Waals surface area contributed by atoms with Crippen molar-refractivity contribution in [1.29, 1.82) is 0 Å². The van der Waals surface area contributed by atoms with Crippen LogP contribution in [0.4, 0.5) is 10.3 Å². The lowest BCUT2D eigenvalue weighted by Crippen LogP contribution is -2.33. The molecular weight excluding hydrogens is 297 g/mol. The van der Waals surface area contributed by atoms with Crippen molar-refractivity contribution in [2.45, 2.75) is 38.3 Å². The molecule has 23 heavy (non-hydrogen) atoms. The van der Waals surface area contributed by atoms with E-state index in [1.807, 2.05) is 0 Å². The SMILES string of the molecule is CCC(Nc1nccc(Oc2ccc(F)cc2)n1)C1CCCO1. The molecule has 5 nitrogen and oxygen atoms in total. The van der Waals surface area contributed by atoms with Gasteiger partial charge >= 0.3 is 0 Å². The number of hydrogen-bond acceptors (Lipinski definition) is 5. The molecule has 0 saturated carbocycles. The quantitative estimate of drug-likeness (QED) is 0.878. The Kier molecular flexibility index (Phi) is 5.02. The van der Waals surface area contributed by atoms with Gasteiger partial charge in [-0.05, 0) is 43.5 Å². The van der Waals surface area contributed by atoms with E-state index in [9.17, 15) is 4.39 Å². The predicted molar refractivity (Wildman–Crippen MR) is 85.2 cm³/mol. The molecule has 122 valence electrons. The van der Waals surface area contributed by atoms with E-state index in [-0.39, 0.29) is 18.0 Å². The third-order valence-corrected chi connectivity index (χ3v) is 3.83. The minimum atomic E-state index is -0.301. The molecule has 1 fully saturated rings. The number of rotatable bonds is 6. The largest absolute Gasteiger partial charge is 0.439 e. The zero-order valence-electron chi connectivity index (χ0n) is 13.0. The van der Waals surface area contributed by atoms with Gasteiger partial charge in [-0.15, -0.1) is 0 Å². The van der Waals surface area contributed by atoms with Gasteiger partial charge in [0.05, 0.1) is 12.1 Å². The number of nitrogens with zero attached hydrogens (tertiary/aromatic N) is 2. The minimum Gasteiger partial charge on any atom is -0.439 e. The number of aromatic nitrogens is 2. The van der Waals surface area contributed by atoms with Gasteiger partial charge in [0.2, 0.25) is 11.8 Å². The summed E-state index contributed by atoms with van der Waals surface area (Å²) in [5.41, 5.74) is 0. The van der Waals surface area contributed by atoms with E-state index in [1.165, 1.54) is 12.1 Å². The van der Waals surface area contributed by atoms with Gasteiger partial charge < -0.3 is 14.8 Å². The van der Waals surface area contributed by atoms with Crippen molar-refractivity contribution >= 4 is 5.95 Å². The summed E-state index contributed by atoms with van der Waals surface area (Å²) in [5, 5.41) is 3.32. The lowest BCUT2D eigenvalue weighted by molar-refractivity contribution is 0.0941. The molecule has 0 spiro atoms. The molecular formula is C17H20FN3O2. The Hall–Kier alpha value is -2.21. The number of anilines is 1. The molecule has 1 aromatic heterocycles. The van der Waals surface area contributed by atoms with Crippen molar-refractivity contribution in [2.75, 3.05) is 11.9 Å². The third-order valence-electron chi connectivity index (χ3n) is 3.83. The summed E-state index contributed by atoms with van der Waals surface area (Å²) in [4.78, 5) is 8.59. The average Bonchev–Trinajstić information content (AvgIpc) is 3.09. The standard InChI is InChI=1S/C17H20FN3O2/c1-2-14(15-4-3-11-22-15)20-17-19-10-9-16(21-17)23-13-7-5-12(18)6-8-13/h5-10,14-15H,2-4,11H2,1H3,(H,19,20,21). The second-order valence-corrected chi connectivity index (χ2v) is 5.49. The Balaban J connectivity index is 1.67. The Morgan fingerprint density at radius 2 is 2.17 bits per heavy atom. The van der Waals surface area contributed by atoms with Crippen LogP contribution < -0.4 is 10.1 Å². The molecule has 0 radical (unpaired) electrons. The number of hydrogen-bond donors (Lipinski definition) is 1. The van der Waals surface area contributed by atoms with Gasteiger partial charge in [0, 0.05) is 18.9 Å². The molecule has 1 N–H and O–H groups in total. The van der Waals surface area contributed by atoms with Gasteiger partial charge in [0.15, 0.2) is 0 Å². The fourth-order valence-corrected chi connectivity index (χ4v) is 2.64. The van der Waals surface area contributed by atoms with E-state index in [0.29, 0.717) is 17.6 Å². The first-order valence-electron chi connectivity index (χ1n) is 7.89. The lowest BCUT2D eigenvalue weighted by Gasteiger charge is -2.22. The Morgan fingerprint density at radius 3 is 2.87 bits per heavy atom. The molecule has 0 bridgehead atoms. The van der Waals surface area contributed by atoms with Crippen LogP contribution in [-0.2, 0) is 4.74 Å². The monoisotopic (exact) mass is 317 g/mol. The minimum absolute atomic E-state index is 0.179. The van der Waals surface area contributed by atoms with Crippen LogP contribution in [0.3, 0.4) is 0 Å². The highest BCUT2D eigenvalue weighted by molar-refractivity contribution is 5.32. The molecule has 3 rings (SSSR count). The van der Waals surface area contributed by atoms with Crippen molar-refractivity contribution in [3.05, 3.63) is 42.3 Å². The maximum absolute atomic E-state index is 12.9. The number of ether oxygens (including phenoxy) is 2.